The third kappa shape index (κ3) is 3.00. The molecule has 0 saturated heterocycles. The Hall–Kier alpha value is -1.84. The predicted molar refractivity (Wildman–Crippen MR) is 75.6 cm³/mol. The summed E-state index contributed by atoms with van der Waals surface area (Å²) in [7, 11) is 0. The molecule has 0 aliphatic heterocycles. The summed E-state index contributed by atoms with van der Waals surface area (Å²) in [6.07, 6.45) is 4.06. The highest BCUT2D eigenvalue weighted by Gasteiger charge is 2.29. The highest BCUT2D eigenvalue weighted by atomic mass is 35.5. The molecule has 20 heavy (non-hydrogen) atoms. The van der Waals surface area contributed by atoms with Crippen LogP contribution in [0.25, 0.3) is 0 Å². The topological polar surface area (TPSA) is 113 Å². The molecule has 1 saturated carbocycles. The van der Waals surface area contributed by atoms with Gasteiger partial charge in [-0.15, -0.1) is 12.4 Å². The van der Waals surface area contributed by atoms with Crippen molar-refractivity contribution in [3.63, 3.8) is 0 Å². The van der Waals surface area contributed by atoms with E-state index in [0.29, 0.717) is 5.56 Å². The van der Waals surface area contributed by atoms with Crippen LogP contribution in [-0.4, -0.2) is 10.0 Å². The summed E-state index contributed by atoms with van der Waals surface area (Å²) < 4.78 is 0. The molecule has 6 nitrogen and oxygen atoms in total. The fraction of sp³-hybridized carbons (Fsp3) is 0.462. The first-order valence-electron chi connectivity index (χ1n) is 6.21. The Morgan fingerprint density at radius 1 is 1.45 bits per heavy atom. The van der Waals surface area contributed by atoms with Crippen LogP contribution in [-0.2, 0) is 0 Å². The lowest BCUT2D eigenvalue weighted by Gasteiger charge is -2.20. The zero-order valence-electron chi connectivity index (χ0n) is 10.8. The van der Waals surface area contributed by atoms with E-state index in [1.165, 1.54) is 6.07 Å². The number of rotatable bonds is 3. The van der Waals surface area contributed by atoms with Crippen LogP contribution in [0.2, 0.25) is 0 Å². The molecule has 3 N–H and O–H groups in total. The van der Waals surface area contributed by atoms with Crippen LogP contribution >= 0.6 is 12.4 Å². The van der Waals surface area contributed by atoms with Crippen LogP contribution in [0.15, 0.2) is 12.1 Å². The second-order valence-corrected chi connectivity index (χ2v) is 4.87. The summed E-state index contributed by atoms with van der Waals surface area (Å²) in [5.41, 5.74) is 6.10. The molecular formula is C13H16ClN3O3. The number of nitro groups is 1. The summed E-state index contributed by atoms with van der Waals surface area (Å²) in [6.45, 7) is 0. The van der Waals surface area contributed by atoms with Crippen LogP contribution in [0.1, 0.15) is 42.9 Å². The molecule has 1 atom stereocenters. The van der Waals surface area contributed by atoms with E-state index in [9.17, 15) is 15.2 Å². The highest BCUT2D eigenvalue weighted by Crippen LogP contribution is 2.41. The van der Waals surface area contributed by atoms with E-state index in [4.69, 9.17) is 11.0 Å². The Balaban J connectivity index is 0.00000200. The van der Waals surface area contributed by atoms with E-state index in [-0.39, 0.29) is 23.9 Å². The second-order valence-electron chi connectivity index (χ2n) is 4.87. The number of nitrogens with zero attached hydrogens (tertiary/aromatic N) is 2. The number of hydrogen-bond acceptors (Lipinski definition) is 5. The molecule has 0 amide bonds. The number of aromatic hydroxyl groups is 1. The van der Waals surface area contributed by atoms with Crippen molar-refractivity contribution in [1.82, 2.24) is 0 Å². The monoisotopic (exact) mass is 297 g/mol. The molecule has 0 radical (unpaired) electrons. The van der Waals surface area contributed by atoms with Crippen molar-refractivity contribution < 1.29 is 10.0 Å². The Kier molecular flexibility index (Phi) is 5.31. The predicted octanol–water partition coefficient (Wildman–Crippen LogP) is 2.78. The van der Waals surface area contributed by atoms with Crippen LogP contribution < -0.4 is 5.73 Å². The molecule has 1 aromatic carbocycles. The number of hydrogen-bond donors (Lipinski definition) is 2. The zero-order valence-corrected chi connectivity index (χ0v) is 11.6. The second kappa shape index (κ2) is 6.55. The SMILES string of the molecule is Cl.N#Cc1cc([C@@H](N)C2CCCC2)c(O)c([N+](=O)[O-])c1. The van der Waals surface area contributed by atoms with E-state index in [1.807, 2.05) is 6.07 Å². The molecule has 0 spiro atoms. The molecule has 1 fully saturated rings. The fourth-order valence-electron chi connectivity index (χ4n) is 2.67. The molecule has 1 aromatic rings. The van der Waals surface area contributed by atoms with Crippen molar-refractivity contribution in [3.05, 3.63) is 33.4 Å². The maximum Gasteiger partial charge on any atom is 0.312 e. The van der Waals surface area contributed by atoms with Crippen molar-refractivity contribution in [1.29, 1.82) is 5.26 Å². The van der Waals surface area contributed by atoms with Gasteiger partial charge in [-0.05, 0) is 24.8 Å². The van der Waals surface area contributed by atoms with E-state index in [2.05, 4.69) is 0 Å². The van der Waals surface area contributed by atoms with Gasteiger partial charge in [0.05, 0.1) is 16.6 Å². The number of phenols is 1. The van der Waals surface area contributed by atoms with Gasteiger partial charge in [-0.3, -0.25) is 10.1 Å². The summed E-state index contributed by atoms with van der Waals surface area (Å²) >= 11 is 0. The van der Waals surface area contributed by atoms with Crippen molar-refractivity contribution in [2.75, 3.05) is 0 Å². The van der Waals surface area contributed by atoms with Crippen LogP contribution in [0.4, 0.5) is 5.69 Å². The van der Waals surface area contributed by atoms with Crippen molar-refractivity contribution >= 4 is 18.1 Å². The van der Waals surface area contributed by atoms with Gasteiger partial charge in [0.1, 0.15) is 0 Å². The van der Waals surface area contributed by atoms with E-state index < -0.39 is 22.4 Å². The van der Waals surface area contributed by atoms with Crippen molar-refractivity contribution in [2.45, 2.75) is 31.7 Å². The largest absolute Gasteiger partial charge is 0.502 e. The molecule has 1 aliphatic carbocycles. The van der Waals surface area contributed by atoms with Gasteiger partial charge >= 0.3 is 5.69 Å². The standard InChI is InChI=1S/C13H15N3O3.ClH/c14-7-8-5-10(12(15)9-3-1-2-4-9)13(17)11(6-8)16(18)19;/h5-6,9,12,17H,1-4,15H2;1H/t12-;/m0./s1. The molecule has 0 heterocycles. The lowest BCUT2D eigenvalue weighted by atomic mass is 9.90. The smallest absolute Gasteiger partial charge is 0.312 e. The van der Waals surface area contributed by atoms with Gasteiger partial charge < -0.3 is 10.8 Å². The minimum atomic E-state index is -0.693. The molecule has 0 bridgehead atoms. The van der Waals surface area contributed by atoms with Gasteiger partial charge in [-0.2, -0.15) is 5.26 Å². The first-order valence-corrected chi connectivity index (χ1v) is 6.21. The molecule has 1 aliphatic rings. The average molecular weight is 298 g/mol. The number of nitrogens with two attached hydrogens (primary N) is 1. The summed E-state index contributed by atoms with van der Waals surface area (Å²) in [5.74, 6) is -0.206. The van der Waals surface area contributed by atoms with Crippen molar-refractivity contribution in [2.24, 2.45) is 11.7 Å². The summed E-state index contributed by atoms with van der Waals surface area (Å²) in [6, 6.07) is 3.92. The van der Waals surface area contributed by atoms with Crippen LogP contribution in [0.5, 0.6) is 5.75 Å². The van der Waals surface area contributed by atoms with Crippen LogP contribution in [0.3, 0.4) is 0 Å². The minimum Gasteiger partial charge on any atom is -0.502 e. The first-order chi connectivity index (χ1) is 9.04. The van der Waals surface area contributed by atoms with Gasteiger partial charge in [0.15, 0.2) is 5.75 Å². The number of phenolic OH excluding ortho intramolecular Hbond substituents is 1. The molecule has 0 unspecified atom stereocenters. The minimum absolute atomic E-state index is 0. The molecular weight excluding hydrogens is 282 g/mol. The fourth-order valence-corrected chi connectivity index (χ4v) is 2.67. The number of halogens is 1. The van der Waals surface area contributed by atoms with E-state index in [1.54, 1.807) is 0 Å². The quantitative estimate of drug-likeness (QED) is 0.658. The van der Waals surface area contributed by atoms with Crippen LogP contribution in [0, 0.1) is 27.4 Å². The number of benzene rings is 1. The zero-order chi connectivity index (χ0) is 14.0. The third-order valence-electron chi connectivity index (χ3n) is 3.71. The molecule has 108 valence electrons. The molecule has 7 heteroatoms. The van der Waals surface area contributed by atoms with Gasteiger partial charge in [0.25, 0.3) is 0 Å². The maximum absolute atomic E-state index is 10.9. The summed E-state index contributed by atoms with van der Waals surface area (Å²) in [5, 5.41) is 29.8. The highest BCUT2D eigenvalue weighted by molar-refractivity contribution is 5.85. The normalized spacial score (nSPS) is 16.2. The maximum atomic E-state index is 10.9. The Bertz CT molecular complexity index is 551. The first kappa shape index (κ1) is 16.2. The van der Waals surface area contributed by atoms with Gasteiger partial charge in [-0.25, -0.2) is 0 Å². The Labute approximate surface area is 122 Å². The van der Waals surface area contributed by atoms with Gasteiger partial charge in [0, 0.05) is 17.7 Å². The van der Waals surface area contributed by atoms with E-state index >= 15 is 0 Å². The lowest BCUT2D eigenvalue weighted by Crippen LogP contribution is -2.19. The van der Waals surface area contributed by atoms with Gasteiger partial charge in [0.2, 0.25) is 0 Å². The average Bonchev–Trinajstić information content (AvgIpc) is 2.91. The Morgan fingerprint density at radius 2 is 2.05 bits per heavy atom. The lowest BCUT2D eigenvalue weighted by molar-refractivity contribution is -0.386. The number of nitriles is 1. The Morgan fingerprint density at radius 3 is 2.55 bits per heavy atom. The molecule has 2 rings (SSSR count). The summed E-state index contributed by atoms with van der Waals surface area (Å²) in [4.78, 5) is 10.2. The third-order valence-corrected chi connectivity index (χ3v) is 3.71. The number of nitro benzene ring substituents is 1. The van der Waals surface area contributed by atoms with E-state index in [0.717, 1.165) is 31.7 Å². The molecule has 0 aromatic heterocycles. The van der Waals surface area contributed by atoms with Gasteiger partial charge in [-0.1, -0.05) is 12.8 Å². The van der Waals surface area contributed by atoms with Crippen molar-refractivity contribution in [3.8, 4) is 11.8 Å².